The van der Waals surface area contributed by atoms with Gasteiger partial charge in [-0.1, -0.05) is 48.7 Å². The van der Waals surface area contributed by atoms with Crippen LogP contribution < -0.4 is 5.32 Å². The summed E-state index contributed by atoms with van der Waals surface area (Å²) in [4.78, 5) is 17.5. The number of imidazole rings is 1. The summed E-state index contributed by atoms with van der Waals surface area (Å²) >= 11 is 6.20. The normalized spacial score (nSPS) is 15.5. The molecular weight excluding hydrogens is 370 g/mol. The number of nitrogens with one attached hydrogen (secondary N) is 1. The molecule has 1 saturated carbocycles. The van der Waals surface area contributed by atoms with Gasteiger partial charge in [0.25, 0.3) is 0 Å². The van der Waals surface area contributed by atoms with Crippen molar-refractivity contribution in [3.05, 3.63) is 82.9 Å². The molecule has 1 fully saturated rings. The lowest BCUT2D eigenvalue weighted by Crippen LogP contribution is -2.38. The smallest absolute Gasteiger partial charge is 0.235 e. The van der Waals surface area contributed by atoms with E-state index in [0.29, 0.717) is 5.02 Å². The van der Waals surface area contributed by atoms with E-state index in [4.69, 9.17) is 11.6 Å². The summed E-state index contributed by atoms with van der Waals surface area (Å²) in [5, 5.41) is 3.82. The standard InChI is InChI=1S/C23H24ClN3O/c1-17-25-13-14-27(17)16-18-7-9-21(10-8-18)26-22(28)23(11-2-3-12-23)19-5-4-6-20(24)15-19/h4-10,13-15H,2-3,11-12,16H2,1H3,(H,26,28). The van der Waals surface area contributed by atoms with Gasteiger partial charge in [0.1, 0.15) is 5.82 Å². The summed E-state index contributed by atoms with van der Waals surface area (Å²) in [6.07, 6.45) is 7.61. The largest absolute Gasteiger partial charge is 0.331 e. The van der Waals surface area contributed by atoms with E-state index in [2.05, 4.69) is 27.0 Å². The molecule has 0 radical (unpaired) electrons. The number of aromatic nitrogens is 2. The SMILES string of the molecule is Cc1nccn1Cc1ccc(NC(=O)C2(c3cccc(Cl)c3)CCCC2)cc1. The van der Waals surface area contributed by atoms with Crippen LogP contribution in [0.3, 0.4) is 0 Å². The Morgan fingerprint density at radius 2 is 1.93 bits per heavy atom. The molecule has 2 aromatic carbocycles. The van der Waals surface area contributed by atoms with E-state index in [0.717, 1.165) is 49.3 Å². The Bertz CT molecular complexity index is 972. The average molecular weight is 394 g/mol. The van der Waals surface area contributed by atoms with Gasteiger partial charge in [0, 0.05) is 29.6 Å². The molecule has 0 saturated heterocycles. The summed E-state index contributed by atoms with van der Waals surface area (Å²) in [6.45, 7) is 2.76. The first-order valence-corrected chi connectivity index (χ1v) is 10.1. The van der Waals surface area contributed by atoms with Crippen molar-refractivity contribution in [2.24, 2.45) is 0 Å². The van der Waals surface area contributed by atoms with Crippen molar-refractivity contribution in [2.75, 3.05) is 5.32 Å². The van der Waals surface area contributed by atoms with Gasteiger partial charge >= 0.3 is 0 Å². The molecule has 1 aromatic heterocycles. The van der Waals surface area contributed by atoms with E-state index in [-0.39, 0.29) is 5.91 Å². The minimum atomic E-state index is -0.489. The zero-order valence-electron chi connectivity index (χ0n) is 16.0. The van der Waals surface area contributed by atoms with E-state index >= 15 is 0 Å². The Morgan fingerprint density at radius 1 is 1.18 bits per heavy atom. The zero-order valence-corrected chi connectivity index (χ0v) is 16.7. The molecule has 0 aliphatic heterocycles. The highest BCUT2D eigenvalue weighted by atomic mass is 35.5. The number of nitrogens with zero attached hydrogens (tertiary/aromatic N) is 2. The maximum Gasteiger partial charge on any atom is 0.235 e. The highest BCUT2D eigenvalue weighted by Gasteiger charge is 2.42. The molecule has 5 heteroatoms. The maximum absolute atomic E-state index is 13.3. The van der Waals surface area contributed by atoms with Crippen molar-refractivity contribution < 1.29 is 4.79 Å². The second-order valence-electron chi connectivity index (χ2n) is 7.55. The van der Waals surface area contributed by atoms with Crippen LogP contribution >= 0.6 is 11.6 Å². The molecular formula is C23H24ClN3O. The molecule has 1 amide bonds. The third-order valence-electron chi connectivity index (χ3n) is 5.76. The minimum Gasteiger partial charge on any atom is -0.331 e. The number of benzene rings is 2. The van der Waals surface area contributed by atoms with Crippen molar-refractivity contribution >= 4 is 23.2 Å². The van der Waals surface area contributed by atoms with E-state index in [9.17, 15) is 4.79 Å². The van der Waals surface area contributed by atoms with E-state index in [1.54, 1.807) is 6.20 Å². The first kappa shape index (κ1) is 18.8. The fourth-order valence-corrected chi connectivity index (χ4v) is 4.31. The molecule has 1 aliphatic carbocycles. The van der Waals surface area contributed by atoms with Crippen molar-refractivity contribution in [3.63, 3.8) is 0 Å². The number of carbonyl (C=O) groups is 1. The molecule has 28 heavy (non-hydrogen) atoms. The zero-order chi connectivity index (χ0) is 19.6. The van der Waals surface area contributed by atoms with Crippen LogP contribution in [0.2, 0.25) is 5.02 Å². The third-order valence-corrected chi connectivity index (χ3v) is 5.99. The molecule has 0 unspecified atom stereocenters. The number of halogens is 1. The molecule has 1 aliphatic rings. The van der Waals surface area contributed by atoms with E-state index < -0.39 is 5.41 Å². The third kappa shape index (κ3) is 3.69. The summed E-state index contributed by atoms with van der Waals surface area (Å²) < 4.78 is 2.10. The minimum absolute atomic E-state index is 0.0606. The molecule has 0 spiro atoms. The van der Waals surface area contributed by atoms with Crippen LogP contribution in [0.1, 0.15) is 42.6 Å². The highest BCUT2D eigenvalue weighted by Crippen LogP contribution is 2.42. The van der Waals surface area contributed by atoms with Gasteiger partial charge in [-0.2, -0.15) is 0 Å². The molecule has 4 nitrogen and oxygen atoms in total. The summed E-state index contributed by atoms with van der Waals surface area (Å²) in [6, 6.07) is 15.8. The fraction of sp³-hybridized carbons (Fsp3) is 0.304. The molecule has 1 heterocycles. The van der Waals surface area contributed by atoms with Gasteiger partial charge in [0.15, 0.2) is 0 Å². The maximum atomic E-state index is 13.3. The quantitative estimate of drug-likeness (QED) is 0.635. The topological polar surface area (TPSA) is 46.9 Å². The van der Waals surface area contributed by atoms with Crippen LogP contribution in [0.15, 0.2) is 60.9 Å². The van der Waals surface area contributed by atoms with Crippen LogP contribution in [0.4, 0.5) is 5.69 Å². The average Bonchev–Trinajstić information content (AvgIpc) is 3.34. The number of hydrogen-bond donors (Lipinski definition) is 1. The number of amides is 1. The lowest BCUT2D eigenvalue weighted by atomic mass is 9.78. The summed E-state index contributed by atoms with van der Waals surface area (Å²) in [5.74, 6) is 1.05. The van der Waals surface area contributed by atoms with E-state index in [1.807, 2.05) is 49.5 Å². The molecule has 4 rings (SSSR count). The number of rotatable bonds is 5. The number of anilines is 1. The van der Waals surface area contributed by atoms with Crippen LogP contribution in [0, 0.1) is 6.92 Å². The molecule has 0 bridgehead atoms. The van der Waals surface area contributed by atoms with Crippen LogP contribution in [-0.4, -0.2) is 15.5 Å². The second-order valence-corrected chi connectivity index (χ2v) is 7.99. The van der Waals surface area contributed by atoms with Gasteiger partial charge in [0.2, 0.25) is 5.91 Å². The van der Waals surface area contributed by atoms with Gasteiger partial charge in [-0.3, -0.25) is 4.79 Å². The fourth-order valence-electron chi connectivity index (χ4n) is 4.12. The van der Waals surface area contributed by atoms with Gasteiger partial charge in [0.05, 0.1) is 5.41 Å². The molecule has 1 N–H and O–H groups in total. The van der Waals surface area contributed by atoms with Crippen molar-refractivity contribution in [3.8, 4) is 0 Å². The second kappa shape index (κ2) is 7.80. The Hall–Kier alpha value is -2.59. The molecule has 144 valence electrons. The summed E-state index contributed by atoms with van der Waals surface area (Å²) in [5.41, 5.74) is 2.52. The van der Waals surface area contributed by atoms with Crippen LogP contribution in [-0.2, 0) is 16.8 Å². The van der Waals surface area contributed by atoms with Crippen molar-refractivity contribution in [1.82, 2.24) is 9.55 Å². The summed E-state index contributed by atoms with van der Waals surface area (Å²) in [7, 11) is 0. The van der Waals surface area contributed by atoms with Crippen LogP contribution in [0.5, 0.6) is 0 Å². The number of aryl methyl sites for hydroxylation is 1. The van der Waals surface area contributed by atoms with Gasteiger partial charge < -0.3 is 9.88 Å². The predicted octanol–water partition coefficient (Wildman–Crippen LogP) is 5.34. The first-order chi connectivity index (χ1) is 13.6. The first-order valence-electron chi connectivity index (χ1n) is 9.71. The Balaban J connectivity index is 1.51. The number of carbonyl (C=O) groups excluding carboxylic acids is 1. The van der Waals surface area contributed by atoms with Crippen LogP contribution in [0.25, 0.3) is 0 Å². The Morgan fingerprint density at radius 3 is 2.57 bits per heavy atom. The van der Waals surface area contributed by atoms with Gasteiger partial charge in [-0.15, -0.1) is 0 Å². The van der Waals surface area contributed by atoms with E-state index in [1.165, 1.54) is 5.56 Å². The van der Waals surface area contributed by atoms with Gasteiger partial charge in [-0.05, 0) is 55.2 Å². The van der Waals surface area contributed by atoms with Crippen molar-refractivity contribution in [2.45, 2.75) is 44.6 Å². The van der Waals surface area contributed by atoms with Gasteiger partial charge in [-0.25, -0.2) is 4.98 Å². The molecule has 0 atom stereocenters. The lowest BCUT2D eigenvalue weighted by molar-refractivity contribution is -0.121. The van der Waals surface area contributed by atoms with Crippen molar-refractivity contribution in [1.29, 1.82) is 0 Å². The number of hydrogen-bond acceptors (Lipinski definition) is 2. The highest BCUT2D eigenvalue weighted by molar-refractivity contribution is 6.30. The Labute approximate surface area is 170 Å². The lowest BCUT2D eigenvalue weighted by Gasteiger charge is -2.28. The Kier molecular flexibility index (Phi) is 5.23. The molecule has 3 aromatic rings. The predicted molar refractivity (Wildman–Crippen MR) is 113 cm³/mol. The monoisotopic (exact) mass is 393 g/mol.